The van der Waals surface area contributed by atoms with Gasteiger partial charge in [0, 0.05) is 38.8 Å². The highest BCUT2D eigenvalue weighted by atomic mass is 31.1. The molecule has 0 radical (unpaired) electrons. The Bertz CT molecular complexity index is 874. The molecule has 1 saturated heterocycles. The van der Waals surface area contributed by atoms with Crippen LogP contribution in [0.2, 0.25) is 0 Å². The average molecular weight is 542 g/mol. The fraction of sp³-hybridized carbons (Fsp3) is 0.778. The van der Waals surface area contributed by atoms with E-state index in [1.54, 1.807) is 34.0 Å². The second-order valence-corrected chi connectivity index (χ2v) is 11.8. The number of rotatable bonds is 13. The molecule has 10 heteroatoms. The third-order valence-corrected chi connectivity index (χ3v) is 8.06. The van der Waals surface area contributed by atoms with Crippen molar-refractivity contribution >= 4 is 20.7 Å². The van der Waals surface area contributed by atoms with E-state index in [0.29, 0.717) is 30.6 Å². The normalized spacial score (nSPS) is 30.2. The van der Waals surface area contributed by atoms with Crippen LogP contribution in [-0.2, 0) is 37.8 Å². The van der Waals surface area contributed by atoms with Crippen molar-refractivity contribution in [3.8, 4) is 0 Å². The molecule has 0 amide bonds. The summed E-state index contributed by atoms with van der Waals surface area (Å²) in [6, 6.07) is -0.0464. The van der Waals surface area contributed by atoms with Crippen molar-refractivity contribution in [2.45, 2.75) is 102 Å². The van der Waals surface area contributed by atoms with Crippen molar-refractivity contribution < 1.29 is 37.8 Å². The summed E-state index contributed by atoms with van der Waals surface area (Å²) in [5, 5.41) is 0. The lowest BCUT2D eigenvalue weighted by Crippen LogP contribution is -2.58. The maximum Gasteiger partial charge on any atom is 0.340 e. The van der Waals surface area contributed by atoms with Crippen molar-refractivity contribution in [3.05, 3.63) is 24.0 Å². The summed E-state index contributed by atoms with van der Waals surface area (Å²) in [5.41, 5.74) is -1.16. The SMILES string of the molecule is C=CC[C@](C[C@@H](C)C=O)(OC)[C@H](O[C@@H]1O[C@H](C)CC(N(C)C)[C@H]1P=O)[C@@H](C)C1=C(C)C(=O)OC(C)(C)O1. The molecule has 210 valence electrons. The van der Waals surface area contributed by atoms with E-state index >= 15 is 0 Å². The monoisotopic (exact) mass is 541 g/mol. The molecule has 0 aliphatic carbocycles. The molecule has 0 bridgehead atoms. The number of carbonyl (C=O) groups is 2. The standard InChI is InChI=1S/C27H44NO8P/c1-11-12-27(32-10,14-16(2)15-29)23(18(4)21-19(5)24(30)36-26(6,7)35-21)34-25-22(37-31)20(28(8)9)13-17(3)33-25/h11,15-18,20,22-23,25H,1,12-14H2,2-10H3/t16-,17-,18+,20?,22-,23-,25+,27-/m1/s1. The number of cyclic esters (lactones) is 1. The van der Waals surface area contributed by atoms with E-state index in [9.17, 15) is 14.2 Å². The van der Waals surface area contributed by atoms with Crippen LogP contribution in [0, 0.1) is 11.8 Å². The summed E-state index contributed by atoms with van der Waals surface area (Å²) >= 11 is 0. The minimum atomic E-state index is -1.17. The molecule has 0 saturated carbocycles. The van der Waals surface area contributed by atoms with E-state index in [4.69, 9.17) is 23.7 Å². The Morgan fingerprint density at radius 2 is 1.95 bits per heavy atom. The first kappa shape index (κ1) is 31.6. The summed E-state index contributed by atoms with van der Waals surface area (Å²) in [6.45, 7) is 14.6. The van der Waals surface area contributed by atoms with Crippen LogP contribution in [0.15, 0.2) is 24.0 Å². The molecule has 2 heterocycles. The highest BCUT2D eigenvalue weighted by molar-refractivity contribution is 7.24. The van der Waals surface area contributed by atoms with Crippen LogP contribution in [0.4, 0.5) is 0 Å². The zero-order chi connectivity index (χ0) is 28.1. The smallest absolute Gasteiger partial charge is 0.340 e. The van der Waals surface area contributed by atoms with Gasteiger partial charge in [-0.15, -0.1) is 6.58 Å². The van der Waals surface area contributed by atoms with Gasteiger partial charge in [-0.2, -0.15) is 0 Å². The molecule has 0 N–H and O–H groups in total. The van der Waals surface area contributed by atoms with Gasteiger partial charge in [0.15, 0.2) is 14.8 Å². The summed E-state index contributed by atoms with van der Waals surface area (Å²) in [6.07, 6.45) is 2.25. The molecule has 2 rings (SSSR count). The quantitative estimate of drug-likeness (QED) is 0.144. The van der Waals surface area contributed by atoms with Crippen molar-refractivity contribution in [2.24, 2.45) is 11.8 Å². The molecular formula is C27H44NO8P. The first-order chi connectivity index (χ1) is 17.3. The topological polar surface area (TPSA) is 101 Å². The van der Waals surface area contributed by atoms with E-state index in [2.05, 4.69) is 6.58 Å². The van der Waals surface area contributed by atoms with Gasteiger partial charge in [0.05, 0.1) is 23.4 Å². The summed E-state index contributed by atoms with van der Waals surface area (Å²) < 4.78 is 43.1. The lowest BCUT2D eigenvalue weighted by Gasteiger charge is -2.48. The lowest BCUT2D eigenvalue weighted by molar-refractivity contribution is -0.268. The van der Waals surface area contributed by atoms with Gasteiger partial charge in [-0.3, -0.25) is 4.57 Å². The number of nitrogens with zero attached hydrogens (tertiary/aromatic N) is 1. The summed E-state index contributed by atoms with van der Waals surface area (Å²) in [5.74, 6) is -2.10. The summed E-state index contributed by atoms with van der Waals surface area (Å²) in [7, 11) is 5.35. The molecule has 1 fully saturated rings. The highest BCUT2D eigenvalue weighted by Gasteiger charge is 2.51. The zero-order valence-corrected chi connectivity index (χ0v) is 24.6. The first-order valence-electron chi connectivity index (χ1n) is 12.8. The highest BCUT2D eigenvalue weighted by Crippen LogP contribution is 2.43. The molecule has 37 heavy (non-hydrogen) atoms. The second kappa shape index (κ2) is 12.9. The molecule has 2 aliphatic heterocycles. The third-order valence-electron chi connectivity index (χ3n) is 7.23. The molecular weight excluding hydrogens is 497 g/mol. The number of hydrogen-bond acceptors (Lipinski definition) is 9. The Labute approximate surface area is 223 Å². The molecule has 9 nitrogen and oxygen atoms in total. The minimum absolute atomic E-state index is 0.0464. The van der Waals surface area contributed by atoms with Crippen LogP contribution < -0.4 is 0 Å². The maximum absolute atomic E-state index is 12.7. The number of methoxy groups -OCH3 is 1. The van der Waals surface area contributed by atoms with Crippen LogP contribution in [0.25, 0.3) is 0 Å². The molecule has 0 aromatic heterocycles. The Kier molecular flexibility index (Phi) is 11.0. The minimum Gasteiger partial charge on any atom is -0.456 e. The van der Waals surface area contributed by atoms with Crippen LogP contribution in [0.3, 0.4) is 0 Å². The number of hydrogen-bond donors (Lipinski definition) is 0. The largest absolute Gasteiger partial charge is 0.456 e. The van der Waals surface area contributed by atoms with Gasteiger partial charge in [-0.1, -0.05) is 19.9 Å². The fourth-order valence-electron chi connectivity index (χ4n) is 5.39. The number of ether oxygens (including phenoxy) is 5. The second-order valence-electron chi connectivity index (χ2n) is 11.0. The van der Waals surface area contributed by atoms with E-state index in [1.807, 2.05) is 39.8 Å². The molecule has 1 unspecified atom stereocenters. The van der Waals surface area contributed by atoms with Crippen LogP contribution in [-0.4, -0.2) is 79.9 Å². The summed E-state index contributed by atoms with van der Waals surface area (Å²) in [4.78, 5) is 26.5. The van der Waals surface area contributed by atoms with Crippen LogP contribution >= 0.6 is 8.46 Å². The number of aldehydes is 1. The Morgan fingerprint density at radius 3 is 2.46 bits per heavy atom. The van der Waals surface area contributed by atoms with E-state index < -0.39 is 41.3 Å². The van der Waals surface area contributed by atoms with Gasteiger partial charge in [-0.05, 0) is 47.2 Å². The van der Waals surface area contributed by atoms with Crippen molar-refractivity contribution in [1.29, 1.82) is 0 Å². The predicted octanol–water partition coefficient (Wildman–Crippen LogP) is 4.50. The van der Waals surface area contributed by atoms with Crippen molar-refractivity contribution in [1.82, 2.24) is 4.90 Å². The van der Waals surface area contributed by atoms with Crippen LogP contribution in [0.5, 0.6) is 0 Å². The van der Waals surface area contributed by atoms with Crippen LogP contribution in [0.1, 0.15) is 60.8 Å². The number of carbonyl (C=O) groups excluding carboxylic acids is 2. The molecule has 2 aliphatic rings. The van der Waals surface area contributed by atoms with Gasteiger partial charge >= 0.3 is 5.97 Å². The molecule has 0 spiro atoms. The fourth-order valence-corrected chi connectivity index (χ4v) is 6.16. The third kappa shape index (κ3) is 7.27. The van der Waals surface area contributed by atoms with E-state index in [0.717, 1.165) is 6.29 Å². The van der Waals surface area contributed by atoms with Crippen molar-refractivity contribution in [3.63, 3.8) is 0 Å². The van der Waals surface area contributed by atoms with Gasteiger partial charge in [0.25, 0.3) is 0 Å². The van der Waals surface area contributed by atoms with Gasteiger partial charge in [0.2, 0.25) is 5.79 Å². The predicted molar refractivity (Wildman–Crippen MR) is 140 cm³/mol. The van der Waals surface area contributed by atoms with Gasteiger partial charge in [0.1, 0.15) is 17.7 Å². The molecule has 0 aromatic carbocycles. The Hall–Kier alpha value is -1.64. The average Bonchev–Trinajstić information content (AvgIpc) is 2.83. The molecule has 8 atom stereocenters. The van der Waals surface area contributed by atoms with Gasteiger partial charge < -0.3 is 33.4 Å². The zero-order valence-electron chi connectivity index (χ0n) is 23.7. The van der Waals surface area contributed by atoms with E-state index in [1.165, 1.54) is 0 Å². The maximum atomic E-state index is 12.7. The Morgan fingerprint density at radius 1 is 1.30 bits per heavy atom. The van der Waals surface area contributed by atoms with E-state index in [-0.39, 0.29) is 26.5 Å². The number of esters is 1. The van der Waals surface area contributed by atoms with Gasteiger partial charge in [-0.25, -0.2) is 4.79 Å². The lowest BCUT2D eigenvalue weighted by atomic mass is 9.77. The first-order valence-corrected chi connectivity index (χ1v) is 13.7. The molecule has 0 aromatic rings. The Balaban J connectivity index is 2.66. The van der Waals surface area contributed by atoms with Crippen molar-refractivity contribution in [2.75, 3.05) is 21.2 Å².